The van der Waals surface area contributed by atoms with E-state index >= 15 is 0 Å². The Bertz CT molecular complexity index is 755. The number of carbonyl (C=O) groups is 2. The van der Waals surface area contributed by atoms with Crippen molar-refractivity contribution in [2.45, 2.75) is 24.5 Å². The number of amides is 2. The maximum absolute atomic E-state index is 11.9. The predicted molar refractivity (Wildman–Crippen MR) is 74.2 cm³/mol. The summed E-state index contributed by atoms with van der Waals surface area (Å²) < 4.78 is 10.0. The van der Waals surface area contributed by atoms with Crippen molar-refractivity contribution in [1.29, 1.82) is 0 Å². The number of nitrogens with one attached hydrogen (secondary N) is 2. The number of carbonyl (C=O) groups excluding carboxylic acids is 2. The molecule has 12 heteroatoms. The first-order valence-electron chi connectivity index (χ1n) is 6.67. The van der Waals surface area contributed by atoms with E-state index in [9.17, 15) is 29.4 Å². The van der Waals surface area contributed by atoms with Crippen LogP contribution >= 0.6 is 0 Å². The second kappa shape index (κ2) is 6.92. The van der Waals surface area contributed by atoms with Gasteiger partial charge in [-0.1, -0.05) is 0 Å². The molecule has 4 atom stereocenters. The number of aliphatic hydroxyl groups excluding tert-OH is 3. The SMILES string of the molecule is COC(=O)NC(=O)c1cn([C@H]2O[C@@H](CO)[C@@H](O)[C@@H]2O)c(=O)[nH]c1=O. The number of aliphatic hydroxyl groups is 3. The van der Waals surface area contributed by atoms with Crippen LogP contribution in [0.2, 0.25) is 0 Å². The van der Waals surface area contributed by atoms with Gasteiger partial charge < -0.3 is 24.8 Å². The van der Waals surface area contributed by atoms with Crippen molar-refractivity contribution >= 4 is 12.0 Å². The molecule has 1 saturated heterocycles. The smallest absolute Gasteiger partial charge is 0.413 e. The number of H-pyrrole nitrogens is 1. The van der Waals surface area contributed by atoms with Gasteiger partial charge in [-0.15, -0.1) is 0 Å². The molecule has 2 heterocycles. The lowest BCUT2D eigenvalue weighted by Crippen LogP contribution is -2.42. The molecule has 0 radical (unpaired) electrons. The minimum absolute atomic E-state index is 0.623. The zero-order valence-corrected chi connectivity index (χ0v) is 12.3. The molecule has 2 rings (SSSR count). The zero-order valence-electron chi connectivity index (χ0n) is 12.3. The van der Waals surface area contributed by atoms with Gasteiger partial charge in [-0.2, -0.15) is 0 Å². The monoisotopic (exact) mass is 345 g/mol. The molecule has 0 unspecified atom stereocenters. The Kier molecular flexibility index (Phi) is 5.14. The Morgan fingerprint density at radius 3 is 2.58 bits per heavy atom. The minimum atomic E-state index is -1.60. The minimum Gasteiger partial charge on any atom is -0.453 e. The summed E-state index contributed by atoms with van der Waals surface area (Å²) in [6.07, 6.45) is -6.04. The molecule has 0 saturated carbocycles. The van der Waals surface area contributed by atoms with E-state index in [0.29, 0.717) is 4.57 Å². The fourth-order valence-corrected chi connectivity index (χ4v) is 2.16. The van der Waals surface area contributed by atoms with Crippen LogP contribution in [-0.2, 0) is 9.47 Å². The first-order valence-corrected chi connectivity index (χ1v) is 6.67. The average Bonchev–Trinajstić information content (AvgIpc) is 2.82. The van der Waals surface area contributed by atoms with Crippen molar-refractivity contribution in [2.75, 3.05) is 13.7 Å². The van der Waals surface area contributed by atoms with E-state index in [1.54, 1.807) is 5.32 Å². The van der Waals surface area contributed by atoms with Crippen LogP contribution < -0.4 is 16.6 Å². The number of alkyl carbamates (subject to hydrolysis) is 1. The van der Waals surface area contributed by atoms with Gasteiger partial charge in [-0.3, -0.25) is 24.5 Å². The van der Waals surface area contributed by atoms with E-state index in [0.717, 1.165) is 13.3 Å². The Labute approximate surface area is 133 Å². The number of hydrogen-bond donors (Lipinski definition) is 5. The molecular weight excluding hydrogens is 330 g/mol. The molecule has 2 amide bonds. The van der Waals surface area contributed by atoms with Gasteiger partial charge in [0, 0.05) is 6.20 Å². The number of nitrogens with zero attached hydrogens (tertiary/aromatic N) is 1. The Hall–Kier alpha value is -2.54. The highest BCUT2D eigenvalue weighted by Crippen LogP contribution is 2.27. The topological polar surface area (TPSA) is 180 Å². The van der Waals surface area contributed by atoms with E-state index in [4.69, 9.17) is 9.84 Å². The van der Waals surface area contributed by atoms with Crippen LogP contribution in [0.4, 0.5) is 4.79 Å². The molecule has 12 nitrogen and oxygen atoms in total. The average molecular weight is 345 g/mol. The number of imide groups is 1. The molecule has 24 heavy (non-hydrogen) atoms. The van der Waals surface area contributed by atoms with Gasteiger partial charge in [0.25, 0.3) is 11.5 Å². The largest absolute Gasteiger partial charge is 0.453 e. The molecular formula is C12H15N3O9. The third kappa shape index (κ3) is 3.21. The first-order chi connectivity index (χ1) is 11.3. The lowest BCUT2D eigenvalue weighted by molar-refractivity contribution is -0.0551. The van der Waals surface area contributed by atoms with Crippen molar-refractivity contribution < 1.29 is 34.4 Å². The quantitative estimate of drug-likeness (QED) is 0.374. The Morgan fingerprint density at radius 1 is 1.38 bits per heavy atom. The second-order valence-electron chi connectivity index (χ2n) is 4.88. The standard InChI is InChI=1S/C12H15N3O9/c1-23-12(22)14-9(20)4-2-15(11(21)13-8(4)19)10-7(18)6(17)5(3-16)24-10/h2,5-7,10,16-18H,3H2,1H3,(H,13,19,21)(H,14,20,22)/t5-,6+,7-,10-/m0/s1. The summed E-state index contributed by atoms with van der Waals surface area (Å²) >= 11 is 0. The molecule has 1 aliphatic heterocycles. The summed E-state index contributed by atoms with van der Waals surface area (Å²) in [5.74, 6) is -1.15. The van der Waals surface area contributed by atoms with Crippen molar-refractivity contribution in [1.82, 2.24) is 14.9 Å². The van der Waals surface area contributed by atoms with Gasteiger partial charge in [0.05, 0.1) is 13.7 Å². The highest BCUT2D eigenvalue weighted by molar-refractivity contribution is 6.02. The van der Waals surface area contributed by atoms with Crippen molar-refractivity contribution in [3.05, 3.63) is 32.6 Å². The molecule has 5 N–H and O–H groups in total. The maximum atomic E-state index is 11.9. The lowest BCUT2D eigenvalue weighted by atomic mass is 10.1. The number of hydrogen-bond acceptors (Lipinski definition) is 9. The van der Waals surface area contributed by atoms with Crippen LogP contribution in [0.3, 0.4) is 0 Å². The Balaban J connectivity index is 2.40. The van der Waals surface area contributed by atoms with E-state index in [2.05, 4.69) is 4.74 Å². The van der Waals surface area contributed by atoms with Crippen molar-refractivity contribution in [3.8, 4) is 0 Å². The summed E-state index contributed by atoms with van der Waals surface area (Å²) in [7, 11) is 1.01. The third-order valence-corrected chi connectivity index (χ3v) is 3.40. The summed E-state index contributed by atoms with van der Waals surface area (Å²) in [6.45, 7) is -0.623. The summed E-state index contributed by atoms with van der Waals surface area (Å²) in [6, 6.07) is 0. The molecule has 1 fully saturated rings. The predicted octanol–water partition coefficient (Wildman–Crippen LogP) is -3.36. The van der Waals surface area contributed by atoms with Crippen molar-refractivity contribution in [3.63, 3.8) is 0 Å². The number of rotatable bonds is 3. The van der Waals surface area contributed by atoms with Crippen LogP contribution in [0.5, 0.6) is 0 Å². The Morgan fingerprint density at radius 2 is 2.04 bits per heavy atom. The van der Waals surface area contributed by atoms with Crippen LogP contribution in [0.1, 0.15) is 16.6 Å². The lowest BCUT2D eigenvalue weighted by Gasteiger charge is -2.17. The number of aromatic nitrogens is 2. The molecule has 0 aliphatic carbocycles. The highest BCUT2D eigenvalue weighted by Gasteiger charge is 2.44. The van der Waals surface area contributed by atoms with E-state index in [1.165, 1.54) is 0 Å². The number of aromatic amines is 1. The fourth-order valence-electron chi connectivity index (χ4n) is 2.16. The summed E-state index contributed by atoms with van der Waals surface area (Å²) in [4.78, 5) is 48.3. The van der Waals surface area contributed by atoms with Gasteiger partial charge >= 0.3 is 11.8 Å². The van der Waals surface area contributed by atoms with Crippen LogP contribution in [0, 0.1) is 0 Å². The third-order valence-electron chi connectivity index (χ3n) is 3.40. The highest BCUT2D eigenvalue weighted by atomic mass is 16.6. The van der Waals surface area contributed by atoms with Gasteiger partial charge in [0.1, 0.15) is 23.9 Å². The molecule has 0 bridgehead atoms. The van der Waals surface area contributed by atoms with Gasteiger partial charge in [0.15, 0.2) is 6.23 Å². The van der Waals surface area contributed by atoms with Gasteiger partial charge in [0.2, 0.25) is 0 Å². The second-order valence-corrected chi connectivity index (χ2v) is 4.88. The molecule has 132 valence electrons. The van der Waals surface area contributed by atoms with Crippen LogP contribution in [0.25, 0.3) is 0 Å². The van der Waals surface area contributed by atoms with Crippen LogP contribution in [-0.4, -0.2) is 68.9 Å². The maximum Gasteiger partial charge on any atom is 0.413 e. The van der Waals surface area contributed by atoms with Gasteiger partial charge in [-0.25, -0.2) is 9.59 Å². The van der Waals surface area contributed by atoms with Gasteiger partial charge in [-0.05, 0) is 0 Å². The number of methoxy groups -OCH3 is 1. The zero-order chi connectivity index (χ0) is 18.0. The summed E-state index contributed by atoms with van der Waals surface area (Å²) in [5, 5.41) is 30.4. The molecule has 0 aromatic carbocycles. The summed E-state index contributed by atoms with van der Waals surface area (Å²) in [5.41, 5.74) is -2.73. The van der Waals surface area contributed by atoms with Crippen LogP contribution in [0.15, 0.2) is 15.8 Å². The number of ether oxygens (including phenoxy) is 2. The van der Waals surface area contributed by atoms with E-state index in [1.807, 2.05) is 4.98 Å². The van der Waals surface area contributed by atoms with Crippen molar-refractivity contribution in [2.24, 2.45) is 0 Å². The fraction of sp³-hybridized carbons (Fsp3) is 0.500. The molecule has 1 aliphatic rings. The first kappa shape index (κ1) is 17.8. The molecule has 1 aromatic heterocycles. The molecule has 0 spiro atoms. The molecule has 1 aromatic rings. The van der Waals surface area contributed by atoms with E-state index in [-0.39, 0.29) is 0 Å². The van der Waals surface area contributed by atoms with E-state index < -0.39 is 60.0 Å². The normalized spacial score (nSPS) is 26.2.